The molecule has 0 spiro atoms. The quantitative estimate of drug-likeness (QED) is 0.813. The highest BCUT2D eigenvalue weighted by atomic mass is 16.6. The summed E-state index contributed by atoms with van der Waals surface area (Å²) < 4.78 is 11.1. The first-order valence-corrected chi connectivity index (χ1v) is 8.42. The summed E-state index contributed by atoms with van der Waals surface area (Å²) in [5.41, 5.74) is 0.578. The molecule has 1 saturated carbocycles. The number of rotatable bonds is 4. The van der Waals surface area contributed by atoms with Crippen LogP contribution in [0, 0.1) is 0 Å². The van der Waals surface area contributed by atoms with E-state index in [2.05, 4.69) is 12.1 Å². The molecule has 3 rings (SSSR count). The van der Waals surface area contributed by atoms with E-state index in [1.165, 1.54) is 0 Å². The second-order valence-electron chi connectivity index (χ2n) is 7.36. The maximum absolute atomic E-state index is 12.5. The molecule has 1 aliphatic carbocycles. The first kappa shape index (κ1) is 16.6. The highest BCUT2D eigenvalue weighted by molar-refractivity contribution is 5.89. The summed E-state index contributed by atoms with van der Waals surface area (Å²) in [6.07, 6.45) is 1.85. The lowest BCUT2D eigenvalue weighted by molar-refractivity contribution is 0.0216. The number of hydrogen-bond acceptors (Lipinski definition) is 3. The summed E-state index contributed by atoms with van der Waals surface area (Å²) in [4.78, 5) is 14.4. The Kier molecular flexibility index (Phi) is 4.39. The van der Waals surface area contributed by atoms with Gasteiger partial charge in [0.15, 0.2) is 0 Å². The summed E-state index contributed by atoms with van der Waals surface area (Å²) >= 11 is 0. The maximum Gasteiger partial charge on any atom is 0.410 e. The number of nitrogens with zero attached hydrogens (tertiary/aromatic N) is 1. The fraction of sp³-hybridized carbons (Fsp3) is 0.450. The molecule has 24 heavy (non-hydrogen) atoms. The van der Waals surface area contributed by atoms with Crippen LogP contribution >= 0.6 is 0 Å². The van der Waals surface area contributed by atoms with Crippen LogP contribution in [0.5, 0.6) is 5.75 Å². The molecule has 0 atom stereocenters. The molecule has 0 N–H and O–H groups in total. The molecule has 2 aromatic carbocycles. The second-order valence-corrected chi connectivity index (χ2v) is 7.36. The lowest BCUT2D eigenvalue weighted by Crippen LogP contribution is -2.37. The van der Waals surface area contributed by atoms with Crippen LogP contribution in [-0.2, 0) is 11.3 Å². The number of fused-ring (bicyclic) bond motifs is 1. The van der Waals surface area contributed by atoms with Crippen molar-refractivity contribution in [1.29, 1.82) is 0 Å². The monoisotopic (exact) mass is 327 g/mol. The van der Waals surface area contributed by atoms with Gasteiger partial charge in [-0.15, -0.1) is 0 Å². The van der Waals surface area contributed by atoms with Crippen molar-refractivity contribution >= 4 is 16.9 Å². The molecule has 0 aliphatic heterocycles. The van der Waals surface area contributed by atoms with E-state index in [9.17, 15) is 4.79 Å². The van der Waals surface area contributed by atoms with Crippen molar-refractivity contribution in [2.45, 2.75) is 51.8 Å². The molecule has 128 valence electrons. The zero-order chi connectivity index (χ0) is 17.3. The Hall–Kier alpha value is -2.23. The Morgan fingerprint density at radius 3 is 2.54 bits per heavy atom. The standard InChI is InChI=1S/C20H25NO3/c1-20(2,3)24-19(22)21(16-9-10-16)13-14-11-15-7-5-6-8-17(15)18(12-14)23-4/h5-8,11-12,16H,9-10,13H2,1-4H3. The van der Waals surface area contributed by atoms with Crippen molar-refractivity contribution in [3.05, 3.63) is 42.0 Å². The van der Waals surface area contributed by atoms with Gasteiger partial charge in [-0.05, 0) is 56.7 Å². The molecular weight excluding hydrogens is 302 g/mol. The highest BCUT2D eigenvalue weighted by Crippen LogP contribution is 2.32. The van der Waals surface area contributed by atoms with Gasteiger partial charge in [0, 0.05) is 18.0 Å². The van der Waals surface area contributed by atoms with E-state index in [0.717, 1.165) is 34.9 Å². The van der Waals surface area contributed by atoms with Gasteiger partial charge in [-0.2, -0.15) is 0 Å². The van der Waals surface area contributed by atoms with Crippen molar-refractivity contribution < 1.29 is 14.3 Å². The average Bonchev–Trinajstić information content (AvgIpc) is 3.34. The van der Waals surface area contributed by atoms with E-state index < -0.39 is 5.60 Å². The highest BCUT2D eigenvalue weighted by Gasteiger charge is 2.35. The number of carbonyl (C=O) groups is 1. The van der Waals surface area contributed by atoms with Gasteiger partial charge in [0.05, 0.1) is 7.11 Å². The first-order valence-electron chi connectivity index (χ1n) is 8.42. The Bertz CT molecular complexity index is 744. The maximum atomic E-state index is 12.5. The second kappa shape index (κ2) is 6.34. The van der Waals surface area contributed by atoms with Crippen LogP contribution in [0.3, 0.4) is 0 Å². The van der Waals surface area contributed by atoms with Gasteiger partial charge in [-0.25, -0.2) is 4.79 Å². The number of methoxy groups -OCH3 is 1. The number of carbonyl (C=O) groups excluding carboxylic acids is 1. The van der Waals surface area contributed by atoms with Gasteiger partial charge >= 0.3 is 6.09 Å². The molecule has 0 heterocycles. The summed E-state index contributed by atoms with van der Waals surface area (Å²) in [6.45, 7) is 6.24. The average molecular weight is 327 g/mol. The van der Waals surface area contributed by atoms with E-state index in [4.69, 9.17) is 9.47 Å². The first-order chi connectivity index (χ1) is 11.4. The van der Waals surface area contributed by atoms with E-state index in [1.807, 2.05) is 49.9 Å². The van der Waals surface area contributed by atoms with E-state index in [0.29, 0.717) is 6.54 Å². The van der Waals surface area contributed by atoms with Crippen LogP contribution in [0.15, 0.2) is 36.4 Å². The Morgan fingerprint density at radius 2 is 1.92 bits per heavy atom. The van der Waals surface area contributed by atoms with Crippen molar-refractivity contribution in [3.8, 4) is 5.75 Å². The van der Waals surface area contributed by atoms with Crippen molar-refractivity contribution in [3.63, 3.8) is 0 Å². The number of hydrogen-bond donors (Lipinski definition) is 0. The van der Waals surface area contributed by atoms with Gasteiger partial charge < -0.3 is 14.4 Å². The molecule has 1 aliphatic rings. The SMILES string of the molecule is COc1cc(CN(C(=O)OC(C)(C)C)C2CC2)cc2ccccc12. The molecule has 0 aromatic heterocycles. The minimum atomic E-state index is -0.481. The van der Waals surface area contributed by atoms with Crippen LogP contribution in [0.1, 0.15) is 39.2 Å². The summed E-state index contributed by atoms with van der Waals surface area (Å²) in [6, 6.07) is 12.6. The summed E-state index contributed by atoms with van der Waals surface area (Å²) in [5, 5.41) is 2.20. The molecule has 1 fully saturated rings. The van der Waals surface area contributed by atoms with Crippen LogP contribution in [0.4, 0.5) is 4.79 Å². The normalized spacial score (nSPS) is 14.5. The number of benzene rings is 2. The Balaban J connectivity index is 1.87. The zero-order valence-electron chi connectivity index (χ0n) is 14.8. The fourth-order valence-corrected chi connectivity index (χ4v) is 2.84. The number of amides is 1. The molecular formula is C20H25NO3. The molecule has 4 nitrogen and oxygen atoms in total. The third-order valence-corrected chi connectivity index (χ3v) is 4.07. The van der Waals surface area contributed by atoms with E-state index in [1.54, 1.807) is 7.11 Å². The lowest BCUT2D eigenvalue weighted by atomic mass is 10.1. The minimum absolute atomic E-state index is 0.239. The van der Waals surface area contributed by atoms with Gasteiger partial charge in [0.2, 0.25) is 0 Å². The van der Waals surface area contributed by atoms with E-state index >= 15 is 0 Å². The summed E-state index contributed by atoms with van der Waals surface area (Å²) in [5.74, 6) is 0.836. The molecule has 0 saturated heterocycles. The third kappa shape index (κ3) is 3.81. The zero-order valence-corrected chi connectivity index (χ0v) is 14.8. The van der Waals surface area contributed by atoms with Crippen molar-refractivity contribution in [2.24, 2.45) is 0 Å². The number of ether oxygens (including phenoxy) is 2. The molecule has 4 heteroatoms. The minimum Gasteiger partial charge on any atom is -0.496 e. The van der Waals surface area contributed by atoms with Crippen molar-refractivity contribution in [2.75, 3.05) is 7.11 Å². The van der Waals surface area contributed by atoms with Gasteiger partial charge in [0.25, 0.3) is 0 Å². The largest absolute Gasteiger partial charge is 0.496 e. The van der Waals surface area contributed by atoms with Crippen LogP contribution in [0.25, 0.3) is 10.8 Å². The third-order valence-electron chi connectivity index (χ3n) is 4.07. The van der Waals surface area contributed by atoms with E-state index in [-0.39, 0.29) is 12.1 Å². The summed E-state index contributed by atoms with van der Waals surface area (Å²) in [7, 11) is 1.68. The smallest absolute Gasteiger partial charge is 0.410 e. The van der Waals surface area contributed by atoms with Gasteiger partial charge in [-0.1, -0.05) is 24.3 Å². The molecule has 1 amide bonds. The van der Waals surface area contributed by atoms with Crippen LogP contribution in [0.2, 0.25) is 0 Å². The van der Waals surface area contributed by atoms with Crippen LogP contribution < -0.4 is 4.74 Å². The fourth-order valence-electron chi connectivity index (χ4n) is 2.84. The Morgan fingerprint density at radius 1 is 1.21 bits per heavy atom. The Labute approximate surface area is 143 Å². The lowest BCUT2D eigenvalue weighted by Gasteiger charge is -2.27. The predicted molar refractivity (Wildman–Crippen MR) is 95.3 cm³/mol. The molecule has 0 bridgehead atoms. The topological polar surface area (TPSA) is 38.8 Å². The molecule has 2 aromatic rings. The van der Waals surface area contributed by atoms with Crippen LogP contribution in [-0.4, -0.2) is 29.7 Å². The van der Waals surface area contributed by atoms with Gasteiger partial charge in [0.1, 0.15) is 11.4 Å². The molecule has 0 radical (unpaired) electrons. The molecule has 0 unspecified atom stereocenters. The van der Waals surface area contributed by atoms with Gasteiger partial charge in [-0.3, -0.25) is 0 Å². The van der Waals surface area contributed by atoms with Crippen molar-refractivity contribution in [1.82, 2.24) is 4.90 Å². The predicted octanol–water partition coefficient (Wildman–Crippen LogP) is 4.75.